The minimum atomic E-state index is -0.672. The van der Waals surface area contributed by atoms with Crippen LogP contribution in [0.25, 0.3) is 16.9 Å². The second kappa shape index (κ2) is 6.77. The molecule has 0 aliphatic carbocycles. The Labute approximate surface area is 154 Å². The van der Waals surface area contributed by atoms with Crippen molar-refractivity contribution in [1.82, 2.24) is 25.0 Å². The summed E-state index contributed by atoms with van der Waals surface area (Å²) in [6, 6.07) is 4.44. The Balaban J connectivity index is 2.29. The number of hydrogen-bond donors (Lipinski definition) is 0. The number of halogens is 3. The summed E-state index contributed by atoms with van der Waals surface area (Å²) in [7, 11) is 1.44. The van der Waals surface area contributed by atoms with Crippen molar-refractivity contribution in [2.45, 2.75) is 0 Å². The summed E-state index contributed by atoms with van der Waals surface area (Å²) in [5.74, 6) is -0.402. The fourth-order valence-corrected chi connectivity index (χ4v) is 2.81. The van der Waals surface area contributed by atoms with Gasteiger partial charge in [0.15, 0.2) is 17.8 Å². The second-order valence-corrected chi connectivity index (χ2v) is 5.93. The van der Waals surface area contributed by atoms with Crippen LogP contribution >= 0.6 is 34.2 Å². The fourth-order valence-electron chi connectivity index (χ4n) is 2.06. The summed E-state index contributed by atoms with van der Waals surface area (Å²) in [5.41, 5.74) is 0.846. The van der Waals surface area contributed by atoms with Crippen molar-refractivity contribution < 1.29 is 13.9 Å². The number of methoxy groups -OCH3 is 1. The van der Waals surface area contributed by atoms with E-state index in [2.05, 4.69) is 20.3 Å². The van der Waals surface area contributed by atoms with Gasteiger partial charge in [-0.1, -0.05) is 16.8 Å². The van der Waals surface area contributed by atoms with Crippen LogP contribution in [0.5, 0.6) is 5.88 Å². The number of carbonyl (C=O) groups excluding carboxylic acids is 1. The quantitative estimate of drug-likeness (QED) is 0.441. The number of benzene rings is 1. The predicted octanol–water partition coefficient (Wildman–Crippen LogP) is 2.94. The van der Waals surface area contributed by atoms with Crippen LogP contribution < -0.4 is 4.74 Å². The zero-order valence-electron chi connectivity index (χ0n) is 12.1. The molecule has 10 heteroatoms. The molecule has 0 radical (unpaired) electrons. The van der Waals surface area contributed by atoms with Gasteiger partial charge in [-0.3, -0.25) is 4.79 Å². The van der Waals surface area contributed by atoms with Gasteiger partial charge in [0.2, 0.25) is 5.88 Å². The normalized spacial score (nSPS) is 10.7. The van der Waals surface area contributed by atoms with Crippen molar-refractivity contribution in [3.8, 4) is 22.8 Å². The van der Waals surface area contributed by atoms with Crippen molar-refractivity contribution in [3.05, 3.63) is 44.8 Å². The van der Waals surface area contributed by atoms with E-state index in [1.807, 2.05) is 22.6 Å². The van der Waals surface area contributed by atoms with E-state index in [1.54, 1.807) is 6.07 Å². The van der Waals surface area contributed by atoms with Gasteiger partial charge in [-0.25, -0.2) is 19.0 Å². The van der Waals surface area contributed by atoms with E-state index in [4.69, 9.17) is 16.3 Å². The molecule has 3 aromatic rings. The van der Waals surface area contributed by atoms with Crippen molar-refractivity contribution >= 4 is 40.5 Å². The Morgan fingerprint density at radius 2 is 2.17 bits per heavy atom. The first-order valence-corrected chi connectivity index (χ1v) is 7.93. The Hall–Kier alpha value is -2.14. The Bertz CT molecular complexity index is 934. The van der Waals surface area contributed by atoms with Gasteiger partial charge in [0, 0.05) is 6.07 Å². The zero-order chi connectivity index (χ0) is 17.3. The van der Waals surface area contributed by atoms with Crippen LogP contribution in [0.2, 0.25) is 5.02 Å². The van der Waals surface area contributed by atoms with Crippen LogP contribution in [0.4, 0.5) is 4.39 Å². The summed E-state index contributed by atoms with van der Waals surface area (Å²) >= 11 is 7.82. The maximum Gasteiger partial charge on any atom is 0.216 e. The molecule has 0 aliphatic rings. The highest BCUT2D eigenvalue weighted by Crippen LogP contribution is 2.34. The van der Waals surface area contributed by atoms with Gasteiger partial charge in [0.1, 0.15) is 10.0 Å². The average Bonchev–Trinajstić information content (AvgIpc) is 2.97. The summed E-state index contributed by atoms with van der Waals surface area (Å²) in [4.78, 5) is 19.0. The predicted molar refractivity (Wildman–Crippen MR) is 92.0 cm³/mol. The smallest absolute Gasteiger partial charge is 0.216 e. The maximum atomic E-state index is 14.7. The number of rotatable bonds is 4. The summed E-state index contributed by atoms with van der Waals surface area (Å²) in [5, 5.41) is 7.58. The first kappa shape index (κ1) is 16.7. The zero-order valence-corrected chi connectivity index (χ0v) is 15.0. The SMILES string of the molecule is COc1cc(-c2c(-n3nnc(C=O)c3I)ccc(Cl)c2F)ncn1. The van der Waals surface area contributed by atoms with E-state index < -0.39 is 5.82 Å². The monoisotopic (exact) mass is 459 g/mol. The molecule has 0 spiro atoms. The lowest BCUT2D eigenvalue weighted by atomic mass is 10.1. The molecule has 1 aromatic carbocycles. The molecule has 0 amide bonds. The molecule has 0 bridgehead atoms. The molecule has 0 saturated heterocycles. The summed E-state index contributed by atoms with van der Waals surface area (Å²) in [6.07, 6.45) is 1.83. The number of carbonyl (C=O) groups is 1. The third kappa shape index (κ3) is 2.84. The number of hydrogen-bond acceptors (Lipinski definition) is 6. The molecule has 0 fully saturated rings. The molecule has 122 valence electrons. The van der Waals surface area contributed by atoms with Crippen LogP contribution in [0, 0.1) is 9.52 Å². The van der Waals surface area contributed by atoms with Gasteiger partial charge in [-0.05, 0) is 34.7 Å². The van der Waals surface area contributed by atoms with Crippen molar-refractivity contribution in [3.63, 3.8) is 0 Å². The first-order valence-electron chi connectivity index (χ1n) is 6.48. The topological polar surface area (TPSA) is 82.8 Å². The first-order chi connectivity index (χ1) is 11.6. The summed E-state index contributed by atoms with van der Waals surface area (Å²) in [6.45, 7) is 0. The largest absolute Gasteiger partial charge is 0.481 e. The maximum absolute atomic E-state index is 14.7. The minimum Gasteiger partial charge on any atom is -0.481 e. The van der Waals surface area contributed by atoms with Gasteiger partial charge >= 0.3 is 0 Å². The number of aldehydes is 1. The lowest BCUT2D eigenvalue weighted by Crippen LogP contribution is -2.05. The van der Waals surface area contributed by atoms with Gasteiger partial charge in [0.05, 0.1) is 29.1 Å². The van der Waals surface area contributed by atoms with Crippen molar-refractivity contribution in [2.24, 2.45) is 0 Å². The lowest BCUT2D eigenvalue weighted by Gasteiger charge is -2.12. The number of nitrogens with zero attached hydrogens (tertiary/aromatic N) is 5. The van der Waals surface area contributed by atoms with Gasteiger partial charge in [-0.15, -0.1) is 5.10 Å². The highest BCUT2D eigenvalue weighted by atomic mass is 127. The van der Waals surface area contributed by atoms with Crippen LogP contribution in [0.15, 0.2) is 24.5 Å². The third-order valence-electron chi connectivity index (χ3n) is 3.16. The minimum absolute atomic E-state index is 0.0722. The molecule has 0 atom stereocenters. The van der Waals surface area contributed by atoms with Crippen LogP contribution in [-0.4, -0.2) is 38.4 Å². The van der Waals surface area contributed by atoms with E-state index in [-0.39, 0.29) is 27.9 Å². The molecule has 0 saturated carbocycles. The molecular formula is C14H8ClFIN5O2. The van der Waals surface area contributed by atoms with Crippen molar-refractivity contribution in [2.75, 3.05) is 7.11 Å². The molecule has 0 aliphatic heterocycles. The molecule has 7 nitrogen and oxygen atoms in total. The van der Waals surface area contributed by atoms with E-state index in [1.165, 1.54) is 30.3 Å². The standard InChI is InChI=1S/C14H8ClFIN5O2/c1-24-11-4-8(18-6-19-11)12-10(3-2-7(15)13(12)16)22-14(17)9(5-23)20-21-22/h2-6H,1H3. The van der Waals surface area contributed by atoms with E-state index in [9.17, 15) is 9.18 Å². The van der Waals surface area contributed by atoms with Crippen LogP contribution in [-0.2, 0) is 0 Å². The summed E-state index contributed by atoms with van der Waals surface area (Å²) < 4.78 is 21.5. The van der Waals surface area contributed by atoms with Gasteiger partial charge in [-0.2, -0.15) is 0 Å². The average molecular weight is 460 g/mol. The fraction of sp³-hybridized carbons (Fsp3) is 0.0714. The van der Waals surface area contributed by atoms with E-state index >= 15 is 0 Å². The Morgan fingerprint density at radius 1 is 1.38 bits per heavy atom. The number of ether oxygens (including phenoxy) is 1. The Kier molecular flexibility index (Phi) is 4.71. The second-order valence-electron chi connectivity index (χ2n) is 4.50. The highest BCUT2D eigenvalue weighted by Gasteiger charge is 2.21. The lowest BCUT2D eigenvalue weighted by molar-refractivity contribution is 0.111. The third-order valence-corrected chi connectivity index (χ3v) is 4.46. The van der Waals surface area contributed by atoms with Crippen LogP contribution in [0.3, 0.4) is 0 Å². The van der Waals surface area contributed by atoms with Crippen LogP contribution in [0.1, 0.15) is 10.5 Å². The Morgan fingerprint density at radius 3 is 2.83 bits per heavy atom. The molecular weight excluding hydrogens is 452 g/mol. The van der Waals surface area contributed by atoms with E-state index in [0.29, 0.717) is 15.7 Å². The molecule has 3 rings (SSSR count). The number of aromatic nitrogens is 5. The molecule has 0 unspecified atom stereocenters. The van der Waals surface area contributed by atoms with Gasteiger partial charge < -0.3 is 4.74 Å². The highest BCUT2D eigenvalue weighted by molar-refractivity contribution is 14.1. The van der Waals surface area contributed by atoms with Crippen molar-refractivity contribution in [1.29, 1.82) is 0 Å². The molecule has 0 N–H and O–H groups in total. The van der Waals surface area contributed by atoms with Gasteiger partial charge in [0.25, 0.3) is 0 Å². The molecule has 2 heterocycles. The molecule has 24 heavy (non-hydrogen) atoms. The van der Waals surface area contributed by atoms with E-state index in [0.717, 1.165) is 0 Å². The molecule has 2 aromatic heterocycles.